The van der Waals surface area contributed by atoms with Gasteiger partial charge in [-0.25, -0.2) is 0 Å². The minimum atomic E-state index is -0.700. The van der Waals surface area contributed by atoms with Gasteiger partial charge in [0.25, 0.3) is 0 Å². The maximum Gasteiger partial charge on any atom is 0.315 e. The Morgan fingerprint density at radius 1 is 1.41 bits per heavy atom. The third-order valence-corrected chi connectivity index (χ3v) is 4.41. The van der Waals surface area contributed by atoms with E-state index in [1.807, 2.05) is 31.2 Å². The van der Waals surface area contributed by atoms with Crippen LogP contribution in [0.5, 0.6) is 0 Å². The molecule has 1 aromatic carbocycles. The first-order valence-electron chi connectivity index (χ1n) is 6.20. The van der Waals surface area contributed by atoms with Gasteiger partial charge in [-0.15, -0.1) is 0 Å². The van der Waals surface area contributed by atoms with Gasteiger partial charge in [0.15, 0.2) is 0 Å². The van der Waals surface area contributed by atoms with Gasteiger partial charge in [-0.05, 0) is 37.3 Å². The average molecular weight is 231 g/mol. The van der Waals surface area contributed by atoms with Crippen LogP contribution in [0.15, 0.2) is 24.3 Å². The first-order chi connectivity index (χ1) is 8.14. The van der Waals surface area contributed by atoms with Crippen molar-refractivity contribution < 1.29 is 9.90 Å². The number of benzene rings is 1. The second kappa shape index (κ2) is 3.57. The SMILES string of the molecule is Cc1ccccc1C1(C(=O)O)CC2CCC1N2. The van der Waals surface area contributed by atoms with Gasteiger partial charge >= 0.3 is 5.97 Å². The van der Waals surface area contributed by atoms with Crippen molar-refractivity contribution in [3.05, 3.63) is 35.4 Å². The molecule has 0 amide bonds. The molecule has 0 aromatic heterocycles. The summed E-state index contributed by atoms with van der Waals surface area (Å²) in [4.78, 5) is 11.8. The fourth-order valence-corrected chi connectivity index (χ4v) is 3.62. The predicted molar refractivity (Wildman–Crippen MR) is 65.1 cm³/mol. The molecule has 3 unspecified atom stereocenters. The van der Waals surface area contributed by atoms with E-state index < -0.39 is 11.4 Å². The number of rotatable bonds is 2. The molecule has 2 heterocycles. The molecule has 0 saturated carbocycles. The molecular formula is C14H17NO2. The van der Waals surface area contributed by atoms with Crippen LogP contribution in [0.25, 0.3) is 0 Å². The summed E-state index contributed by atoms with van der Waals surface area (Å²) in [5.41, 5.74) is 1.38. The van der Waals surface area contributed by atoms with Gasteiger partial charge in [0.2, 0.25) is 0 Å². The highest BCUT2D eigenvalue weighted by molar-refractivity contribution is 5.84. The van der Waals surface area contributed by atoms with E-state index in [1.54, 1.807) is 0 Å². The monoisotopic (exact) mass is 231 g/mol. The number of nitrogens with one attached hydrogen (secondary N) is 1. The molecule has 2 bridgehead atoms. The van der Waals surface area contributed by atoms with Gasteiger partial charge in [-0.3, -0.25) is 4.79 Å². The number of hydrogen-bond donors (Lipinski definition) is 2. The molecule has 90 valence electrons. The Labute approximate surface area is 101 Å². The van der Waals surface area contributed by atoms with Gasteiger partial charge in [0.05, 0.1) is 0 Å². The van der Waals surface area contributed by atoms with Crippen molar-refractivity contribution in [3.8, 4) is 0 Å². The van der Waals surface area contributed by atoms with E-state index >= 15 is 0 Å². The molecular weight excluding hydrogens is 214 g/mol. The highest BCUT2D eigenvalue weighted by Gasteiger charge is 2.57. The molecule has 1 aromatic rings. The van der Waals surface area contributed by atoms with Gasteiger partial charge in [0.1, 0.15) is 5.41 Å². The highest BCUT2D eigenvalue weighted by atomic mass is 16.4. The van der Waals surface area contributed by atoms with E-state index in [-0.39, 0.29) is 6.04 Å². The fraction of sp³-hybridized carbons (Fsp3) is 0.500. The maximum atomic E-state index is 11.8. The van der Waals surface area contributed by atoms with E-state index in [2.05, 4.69) is 5.32 Å². The summed E-state index contributed by atoms with van der Waals surface area (Å²) in [6, 6.07) is 8.38. The lowest BCUT2D eigenvalue weighted by Crippen LogP contribution is -2.46. The number of fused-ring (bicyclic) bond motifs is 2. The van der Waals surface area contributed by atoms with E-state index in [9.17, 15) is 9.90 Å². The Morgan fingerprint density at radius 2 is 2.18 bits per heavy atom. The molecule has 2 aliphatic heterocycles. The number of aryl methyl sites for hydroxylation is 1. The standard InChI is InChI=1S/C14H17NO2/c1-9-4-2-3-5-11(9)14(13(16)17)8-10-6-7-12(14)15-10/h2-5,10,12,15H,6-8H2,1H3,(H,16,17). The first-order valence-corrected chi connectivity index (χ1v) is 6.20. The number of carbonyl (C=O) groups is 1. The molecule has 3 atom stereocenters. The molecule has 2 N–H and O–H groups in total. The van der Waals surface area contributed by atoms with Crippen molar-refractivity contribution in [2.75, 3.05) is 0 Å². The quantitative estimate of drug-likeness (QED) is 0.816. The van der Waals surface area contributed by atoms with Gasteiger partial charge in [0, 0.05) is 12.1 Å². The molecule has 2 fully saturated rings. The van der Waals surface area contributed by atoms with Gasteiger partial charge in [-0.1, -0.05) is 24.3 Å². The summed E-state index contributed by atoms with van der Waals surface area (Å²) in [6.07, 6.45) is 2.83. The van der Waals surface area contributed by atoms with E-state index in [0.717, 1.165) is 30.4 Å². The molecule has 3 heteroatoms. The van der Waals surface area contributed by atoms with Crippen molar-refractivity contribution in [3.63, 3.8) is 0 Å². The molecule has 0 aliphatic carbocycles. The Balaban J connectivity index is 2.14. The number of hydrogen-bond acceptors (Lipinski definition) is 2. The predicted octanol–water partition coefficient (Wildman–Crippen LogP) is 1.84. The Hall–Kier alpha value is -1.35. The minimum absolute atomic E-state index is 0.103. The van der Waals surface area contributed by atoms with Crippen LogP contribution in [0.3, 0.4) is 0 Å². The summed E-state index contributed by atoms with van der Waals surface area (Å²) in [6.45, 7) is 2.01. The van der Waals surface area contributed by atoms with Crippen LogP contribution in [0.2, 0.25) is 0 Å². The van der Waals surface area contributed by atoms with E-state index in [4.69, 9.17) is 0 Å². The van der Waals surface area contributed by atoms with E-state index in [1.165, 1.54) is 0 Å². The van der Waals surface area contributed by atoms with Crippen LogP contribution < -0.4 is 5.32 Å². The van der Waals surface area contributed by atoms with Crippen LogP contribution in [-0.2, 0) is 10.2 Å². The highest BCUT2D eigenvalue weighted by Crippen LogP contribution is 2.46. The second-order valence-electron chi connectivity index (χ2n) is 5.29. The summed E-state index contributed by atoms with van der Waals surface area (Å²) in [5, 5.41) is 13.2. The molecule has 0 spiro atoms. The summed E-state index contributed by atoms with van der Waals surface area (Å²) in [5.74, 6) is -0.675. The van der Waals surface area contributed by atoms with Gasteiger partial charge < -0.3 is 10.4 Å². The van der Waals surface area contributed by atoms with Crippen molar-refractivity contribution in [1.29, 1.82) is 0 Å². The van der Waals surface area contributed by atoms with E-state index in [0.29, 0.717) is 6.04 Å². The number of carboxylic acids is 1. The molecule has 2 aliphatic rings. The lowest BCUT2D eigenvalue weighted by molar-refractivity contribution is -0.144. The van der Waals surface area contributed by atoms with Crippen molar-refractivity contribution in [2.45, 2.75) is 43.7 Å². The molecule has 2 saturated heterocycles. The summed E-state index contributed by atoms with van der Waals surface area (Å²) in [7, 11) is 0. The Morgan fingerprint density at radius 3 is 2.71 bits per heavy atom. The fourth-order valence-electron chi connectivity index (χ4n) is 3.62. The van der Waals surface area contributed by atoms with Crippen molar-refractivity contribution in [1.82, 2.24) is 5.32 Å². The number of carboxylic acid groups (broad SMARTS) is 1. The number of aliphatic carboxylic acids is 1. The Kier molecular flexibility index (Phi) is 2.26. The molecule has 3 rings (SSSR count). The lowest BCUT2D eigenvalue weighted by atomic mass is 9.68. The molecule has 3 nitrogen and oxygen atoms in total. The second-order valence-corrected chi connectivity index (χ2v) is 5.29. The maximum absolute atomic E-state index is 11.8. The summed E-state index contributed by atoms with van der Waals surface area (Å²) < 4.78 is 0. The van der Waals surface area contributed by atoms with Crippen LogP contribution in [0.4, 0.5) is 0 Å². The zero-order valence-electron chi connectivity index (χ0n) is 9.94. The first kappa shape index (κ1) is 10.8. The van der Waals surface area contributed by atoms with Crippen LogP contribution in [0.1, 0.15) is 30.4 Å². The van der Waals surface area contributed by atoms with Crippen molar-refractivity contribution >= 4 is 5.97 Å². The minimum Gasteiger partial charge on any atom is -0.481 e. The Bertz CT molecular complexity index is 471. The largest absolute Gasteiger partial charge is 0.481 e. The van der Waals surface area contributed by atoms with Crippen molar-refractivity contribution in [2.24, 2.45) is 0 Å². The average Bonchev–Trinajstić information content (AvgIpc) is 2.89. The zero-order chi connectivity index (χ0) is 12.0. The van der Waals surface area contributed by atoms with Gasteiger partial charge in [-0.2, -0.15) is 0 Å². The molecule has 0 radical (unpaired) electrons. The lowest BCUT2D eigenvalue weighted by Gasteiger charge is -2.34. The molecule has 17 heavy (non-hydrogen) atoms. The summed E-state index contributed by atoms with van der Waals surface area (Å²) >= 11 is 0. The topological polar surface area (TPSA) is 49.3 Å². The smallest absolute Gasteiger partial charge is 0.315 e. The zero-order valence-corrected chi connectivity index (χ0v) is 9.94. The van der Waals surface area contributed by atoms with Crippen LogP contribution in [-0.4, -0.2) is 23.2 Å². The normalized spacial score (nSPS) is 35.1. The van der Waals surface area contributed by atoms with Crippen LogP contribution in [0, 0.1) is 6.92 Å². The third-order valence-electron chi connectivity index (χ3n) is 4.41. The third kappa shape index (κ3) is 1.35. The van der Waals surface area contributed by atoms with Crippen LogP contribution >= 0.6 is 0 Å².